The van der Waals surface area contributed by atoms with Crippen LogP contribution in [-0.2, 0) is 6.54 Å². The largest absolute Gasteiger partial charge is 0.358 e. The smallest absolute Gasteiger partial charge is 0.251 e. The highest BCUT2D eigenvalue weighted by atomic mass is 16.1. The maximum Gasteiger partial charge on any atom is 0.251 e. The number of fused-ring (bicyclic) bond motifs is 2. The summed E-state index contributed by atoms with van der Waals surface area (Å²) < 4.78 is 0. The molecule has 1 amide bonds. The van der Waals surface area contributed by atoms with Crippen molar-refractivity contribution in [3.8, 4) is 0 Å². The SMILES string of the molecule is Cc1[nH]c2ccc(CNC(=O)c3ccc4ncccc4c3)cc2c1C. The number of carbonyl (C=O) groups excluding carboxylic acids is 1. The van der Waals surface area contributed by atoms with Crippen LogP contribution in [0.3, 0.4) is 0 Å². The molecule has 0 atom stereocenters. The predicted molar refractivity (Wildman–Crippen MR) is 101 cm³/mol. The molecule has 0 saturated heterocycles. The van der Waals surface area contributed by atoms with E-state index in [4.69, 9.17) is 0 Å². The van der Waals surface area contributed by atoms with Gasteiger partial charge in [0.05, 0.1) is 5.52 Å². The summed E-state index contributed by atoms with van der Waals surface area (Å²) in [5, 5.41) is 5.18. The minimum absolute atomic E-state index is 0.0761. The van der Waals surface area contributed by atoms with E-state index in [9.17, 15) is 4.79 Å². The summed E-state index contributed by atoms with van der Waals surface area (Å²) in [6.07, 6.45) is 1.75. The molecule has 25 heavy (non-hydrogen) atoms. The molecule has 4 rings (SSSR count). The zero-order valence-corrected chi connectivity index (χ0v) is 14.3. The van der Waals surface area contributed by atoms with Gasteiger partial charge in [0.15, 0.2) is 0 Å². The van der Waals surface area contributed by atoms with Crippen LogP contribution in [0, 0.1) is 13.8 Å². The summed E-state index contributed by atoms with van der Waals surface area (Å²) in [6.45, 7) is 4.69. The van der Waals surface area contributed by atoms with Crippen molar-refractivity contribution in [3.63, 3.8) is 0 Å². The number of hydrogen-bond acceptors (Lipinski definition) is 2. The molecule has 0 radical (unpaired) electrons. The van der Waals surface area contributed by atoms with Gasteiger partial charge in [0.1, 0.15) is 0 Å². The van der Waals surface area contributed by atoms with Gasteiger partial charge in [-0.1, -0.05) is 12.1 Å². The lowest BCUT2D eigenvalue weighted by Crippen LogP contribution is -2.22. The van der Waals surface area contributed by atoms with Gasteiger partial charge in [0, 0.05) is 40.3 Å². The summed E-state index contributed by atoms with van der Waals surface area (Å²) in [5.74, 6) is -0.0761. The minimum Gasteiger partial charge on any atom is -0.358 e. The van der Waals surface area contributed by atoms with Crippen molar-refractivity contribution in [2.24, 2.45) is 0 Å². The molecule has 0 spiro atoms. The second-order valence-electron chi connectivity index (χ2n) is 6.35. The number of amides is 1. The molecule has 4 aromatic rings. The number of hydrogen-bond donors (Lipinski definition) is 2. The van der Waals surface area contributed by atoms with E-state index in [0.29, 0.717) is 12.1 Å². The average Bonchev–Trinajstić information content (AvgIpc) is 2.93. The average molecular weight is 329 g/mol. The molecule has 0 aliphatic carbocycles. The highest BCUT2D eigenvalue weighted by Gasteiger charge is 2.08. The number of benzene rings is 2. The summed E-state index contributed by atoms with van der Waals surface area (Å²) in [6, 6.07) is 15.7. The second-order valence-corrected chi connectivity index (χ2v) is 6.35. The highest BCUT2D eigenvalue weighted by molar-refractivity contribution is 5.98. The predicted octanol–water partition coefficient (Wildman–Crippen LogP) is 4.26. The third-order valence-electron chi connectivity index (χ3n) is 4.69. The third-order valence-corrected chi connectivity index (χ3v) is 4.69. The number of aryl methyl sites for hydroxylation is 2. The Hall–Kier alpha value is -3.14. The Morgan fingerprint density at radius 1 is 1.12 bits per heavy atom. The topological polar surface area (TPSA) is 57.8 Å². The van der Waals surface area contributed by atoms with Gasteiger partial charge in [0.25, 0.3) is 5.91 Å². The molecule has 0 bridgehead atoms. The molecule has 2 aromatic heterocycles. The maximum absolute atomic E-state index is 12.5. The number of carbonyl (C=O) groups is 1. The van der Waals surface area contributed by atoms with Crippen molar-refractivity contribution in [2.75, 3.05) is 0 Å². The fraction of sp³-hybridized carbons (Fsp3) is 0.143. The minimum atomic E-state index is -0.0761. The number of pyridine rings is 1. The lowest BCUT2D eigenvalue weighted by Gasteiger charge is -2.07. The first-order chi connectivity index (χ1) is 12.1. The van der Waals surface area contributed by atoms with Crippen LogP contribution >= 0.6 is 0 Å². The van der Waals surface area contributed by atoms with Gasteiger partial charge < -0.3 is 10.3 Å². The summed E-state index contributed by atoms with van der Waals surface area (Å²) in [7, 11) is 0. The molecular formula is C21H19N3O. The van der Waals surface area contributed by atoms with Crippen molar-refractivity contribution in [3.05, 3.63) is 77.1 Å². The van der Waals surface area contributed by atoms with E-state index < -0.39 is 0 Å². The van der Waals surface area contributed by atoms with Crippen LogP contribution in [0.4, 0.5) is 0 Å². The maximum atomic E-state index is 12.5. The van der Waals surface area contributed by atoms with Gasteiger partial charge in [0.2, 0.25) is 0 Å². The Labute approximate surface area is 145 Å². The van der Waals surface area contributed by atoms with E-state index in [0.717, 1.165) is 22.0 Å². The van der Waals surface area contributed by atoms with Crippen LogP contribution in [0.5, 0.6) is 0 Å². The van der Waals surface area contributed by atoms with Crippen LogP contribution in [0.15, 0.2) is 54.7 Å². The third kappa shape index (κ3) is 2.87. The Kier molecular flexibility index (Phi) is 3.73. The zero-order valence-electron chi connectivity index (χ0n) is 14.3. The van der Waals surface area contributed by atoms with Gasteiger partial charge in [-0.2, -0.15) is 0 Å². The molecule has 0 fully saturated rings. The van der Waals surface area contributed by atoms with Gasteiger partial charge in [-0.3, -0.25) is 9.78 Å². The lowest BCUT2D eigenvalue weighted by atomic mass is 10.1. The molecule has 2 aromatic carbocycles. The van der Waals surface area contributed by atoms with Crippen LogP contribution in [0.1, 0.15) is 27.2 Å². The molecule has 0 saturated carbocycles. The molecule has 2 N–H and O–H groups in total. The van der Waals surface area contributed by atoms with Crippen LogP contribution in [0.25, 0.3) is 21.8 Å². The van der Waals surface area contributed by atoms with E-state index in [1.165, 1.54) is 16.6 Å². The van der Waals surface area contributed by atoms with Gasteiger partial charge in [-0.25, -0.2) is 0 Å². The van der Waals surface area contributed by atoms with Crippen molar-refractivity contribution in [2.45, 2.75) is 20.4 Å². The van der Waals surface area contributed by atoms with E-state index in [2.05, 4.69) is 41.3 Å². The number of rotatable bonds is 3. The fourth-order valence-electron chi connectivity index (χ4n) is 3.12. The van der Waals surface area contributed by atoms with Crippen molar-refractivity contribution >= 4 is 27.7 Å². The van der Waals surface area contributed by atoms with Gasteiger partial charge in [-0.05, 0) is 61.4 Å². The molecule has 0 unspecified atom stereocenters. The Morgan fingerprint density at radius 2 is 2.00 bits per heavy atom. The molecule has 0 aliphatic heterocycles. The molecule has 2 heterocycles. The van der Waals surface area contributed by atoms with E-state index in [-0.39, 0.29) is 5.91 Å². The number of H-pyrrole nitrogens is 1. The first-order valence-corrected chi connectivity index (χ1v) is 8.32. The summed E-state index contributed by atoms with van der Waals surface area (Å²) in [4.78, 5) is 20.1. The summed E-state index contributed by atoms with van der Waals surface area (Å²) in [5.41, 5.74) is 6.20. The van der Waals surface area contributed by atoms with Crippen molar-refractivity contribution < 1.29 is 4.79 Å². The van der Waals surface area contributed by atoms with E-state index >= 15 is 0 Å². The first kappa shape index (κ1) is 15.4. The molecule has 0 aliphatic rings. The lowest BCUT2D eigenvalue weighted by molar-refractivity contribution is 0.0951. The molecule has 124 valence electrons. The number of nitrogens with zero attached hydrogens (tertiary/aromatic N) is 1. The number of aromatic amines is 1. The standard InChI is InChI=1S/C21H19N3O/c1-13-14(2)24-20-7-5-15(10-18(13)20)12-23-21(25)17-6-8-19-16(11-17)4-3-9-22-19/h3-11,24H,12H2,1-2H3,(H,23,25). The summed E-state index contributed by atoms with van der Waals surface area (Å²) >= 11 is 0. The van der Waals surface area contributed by atoms with Gasteiger partial charge >= 0.3 is 0 Å². The normalized spacial score (nSPS) is 11.1. The Balaban J connectivity index is 1.53. The van der Waals surface area contributed by atoms with E-state index in [1.807, 2.05) is 36.4 Å². The first-order valence-electron chi connectivity index (χ1n) is 8.32. The van der Waals surface area contributed by atoms with Crippen LogP contribution in [-0.4, -0.2) is 15.9 Å². The molecule has 4 heteroatoms. The van der Waals surface area contributed by atoms with E-state index in [1.54, 1.807) is 6.20 Å². The Morgan fingerprint density at radius 3 is 2.88 bits per heavy atom. The Bertz CT molecular complexity index is 1090. The fourth-order valence-corrected chi connectivity index (χ4v) is 3.12. The highest BCUT2D eigenvalue weighted by Crippen LogP contribution is 2.22. The molecular weight excluding hydrogens is 310 g/mol. The van der Waals surface area contributed by atoms with Gasteiger partial charge in [-0.15, -0.1) is 0 Å². The van der Waals surface area contributed by atoms with Crippen molar-refractivity contribution in [1.82, 2.24) is 15.3 Å². The zero-order chi connectivity index (χ0) is 17.4. The monoisotopic (exact) mass is 329 g/mol. The van der Waals surface area contributed by atoms with Crippen molar-refractivity contribution in [1.29, 1.82) is 0 Å². The van der Waals surface area contributed by atoms with Crippen LogP contribution < -0.4 is 5.32 Å². The quantitative estimate of drug-likeness (QED) is 0.590. The van der Waals surface area contributed by atoms with Crippen LogP contribution in [0.2, 0.25) is 0 Å². The number of nitrogens with one attached hydrogen (secondary N) is 2. The second kappa shape index (κ2) is 6.06. The number of aromatic nitrogens is 2. The molecule has 4 nitrogen and oxygen atoms in total.